The maximum absolute atomic E-state index is 6.08. The van der Waals surface area contributed by atoms with Crippen LogP contribution in [0.25, 0.3) is 10.9 Å². The number of hydrogen-bond donors (Lipinski definition) is 1. The van der Waals surface area contributed by atoms with Crippen molar-refractivity contribution >= 4 is 10.9 Å². The van der Waals surface area contributed by atoms with Gasteiger partial charge in [-0.1, -0.05) is 0 Å². The molecule has 1 aliphatic rings. The summed E-state index contributed by atoms with van der Waals surface area (Å²) in [4.78, 5) is 0. The minimum Gasteiger partial charge on any atom is -0.497 e. The van der Waals surface area contributed by atoms with Crippen molar-refractivity contribution < 1.29 is 4.74 Å². The molecule has 17 heavy (non-hydrogen) atoms. The van der Waals surface area contributed by atoms with Crippen molar-refractivity contribution in [2.75, 3.05) is 7.11 Å². The topological polar surface area (TPSA) is 40.2 Å². The van der Waals surface area contributed by atoms with Crippen LogP contribution in [0.5, 0.6) is 5.75 Å². The second-order valence-electron chi connectivity index (χ2n) is 4.87. The molecule has 1 aliphatic carbocycles. The van der Waals surface area contributed by atoms with Gasteiger partial charge in [0.05, 0.1) is 7.11 Å². The van der Waals surface area contributed by atoms with Gasteiger partial charge in [-0.25, -0.2) is 0 Å². The number of rotatable bonds is 1. The van der Waals surface area contributed by atoms with Gasteiger partial charge in [0.25, 0.3) is 0 Å². The van der Waals surface area contributed by atoms with E-state index >= 15 is 0 Å². The molecule has 0 spiro atoms. The van der Waals surface area contributed by atoms with Crippen LogP contribution in [0.4, 0.5) is 0 Å². The Balaban J connectivity index is 2.27. The lowest BCUT2D eigenvalue weighted by atomic mass is 9.92. The molecule has 2 aromatic rings. The van der Waals surface area contributed by atoms with Crippen LogP contribution in [0.2, 0.25) is 0 Å². The lowest BCUT2D eigenvalue weighted by Crippen LogP contribution is -2.28. The molecule has 0 amide bonds. The Morgan fingerprint density at radius 2 is 2.24 bits per heavy atom. The summed E-state index contributed by atoms with van der Waals surface area (Å²) in [6.07, 6.45) is 3.16. The van der Waals surface area contributed by atoms with Gasteiger partial charge in [-0.05, 0) is 43.0 Å². The molecule has 0 radical (unpaired) electrons. The average Bonchev–Trinajstić information content (AvgIpc) is 2.62. The fraction of sp³-hybridized carbons (Fsp3) is 0.429. The third-order valence-electron chi connectivity index (χ3n) is 3.86. The van der Waals surface area contributed by atoms with Gasteiger partial charge in [-0.3, -0.25) is 0 Å². The van der Waals surface area contributed by atoms with Gasteiger partial charge in [0.1, 0.15) is 5.75 Å². The molecular formula is C14H18N2O. The molecule has 3 rings (SSSR count). The molecule has 90 valence electrons. The molecule has 2 N–H and O–H groups in total. The predicted octanol–water partition coefficient (Wildman–Crippen LogP) is 2.00. The lowest BCUT2D eigenvalue weighted by molar-refractivity contribution is 0.415. The van der Waals surface area contributed by atoms with E-state index in [4.69, 9.17) is 10.5 Å². The van der Waals surface area contributed by atoms with E-state index < -0.39 is 0 Å². The van der Waals surface area contributed by atoms with Gasteiger partial charge in [-0.15, -0.1) is 0 Å². The molecule has 1 unspecified atom stereocenters. The Kier molecular flexibility index (Phi) is 2.37. The summed E-state index contributed by atoms with van der Waals surface area (Å²) in [7, 11) is 3.85. The second-order valence-corrected chi connectivity index (χ2v) is 4.87. The van der Waals surface area contributed by atoms with E-state index in [0.29, 0.717) is 6.04 Å². The van der Waals surface area contributed by atoms with Crippen LogP contribution >= 0.6 is 0 Å². The second kappa shape index (κ2) is 3.77. The number of nitrogens with zero attached hydrogens (tertiary/aromatic N) is 1. The largest absolute Gasteiger partial charge is 0.497 e. The maximum Gasteiger partial charge on any atom is 0.119 e. The van der Waals surface area contributed by atoms with Crippen LogP contribution in [0.3, 0.4) is 0 Å². The van der Waals surface area contributed by atoms with Gasteiger partial charge in [0.2, 0.25) is 0 Å². The Hall–Kier alpha value is -1.48. The lowest BCUT2D eigenvalue weighted by Gasteiger charge is -2.19. The first-order valence-corrected chi connectivity index (χ1v) is 6.10. The van der Waals surface area contributed by atoms with Gasteiger partial charge in [0.15, 0.2) is 0 Å². The number of fused-ring (bicyclic) bond motifs is 3. The zero-order valence-corrected chi connectivity index (χ0v) is 10.4. The smallest absolute Gasteiger partial charge is 0.119 e. The number of ether oxygens (including phenoxy) is 1. The zero-order valence-electron chi connectivity index (χ0n) is 10.4. The average molecular weight is 230 g/mol. The van der Waals surface area contributed by atoms with Crippen molar-refractivity contribution in [3.63, 3.8) is 0 Å². The van der Waals surface area contributed by atoms with Crippen LogP contribution in [-0.2, 0) is 19.9 Å². The Labute approximate surface area is 101 Å². The number of aryl methyl sites for hydroxylation is 1. The molecule has 1 aromatic carbocycles. The summed E-state index contributed by atoms with van der Waals surface area (Å²) in [5, 5.41) is 1.30. The molecule has 3 nitrogen and oxygen atoms in total. The Bertz CT molecular complexity index is 571. The first kappa shape index (κ1) is 10.7. The minimum atomic E-state index is 0.305. The quantitative estimate of drug-likeness (QED) is 0.814. The molecule has 0 bridgehead atoms. The standard InChI is InChI=1S/C14H18N2O/c1-16-13-5-3-9(15)7-11(13)12-8-10(17-2)4-6-14(12)16/h4,6,8-9H,3,5,7,15H2,1-2H3. The highest BCUT2D eigenvalue weighted by atomic mass is 16.5. The molecule has 3 heteroatoms. The van der Waals surface area contributed by atoms with E-state index in [1.54, 1.807) is 7.11 Å². The Morgan fingerprint density at radius 1 is 1.41 bits per heavy atom. The van der Waals surface area contributed by atoms with E-state index in [0.717, 1.165) is 25.0 Å². The summed E-state index contributed by atoms with van der Waals surface area (Å²) in [5.74, 6) is 0.921. The number of methoxy groups -OCH3 is 1. The van der Waals surface area contributed by atoms with Gasteiger partial charge >= 0.3 is 0 Å². The molecule has 1 heterocycles. The van der Waals surface area contributed by atoms with Crippen molar-refractivity contribution in [3.05, 3.63) is 29.5 Å². The van der Waals surface area contributed by atoms with Gasteiger partial charge < -0.3 is 15.0 Å². The summed E-state index contributed by atoms with van der Waals surface area (Å²) in [6.45, 7) is 0. The molecule has 1 aromatic heterocycles. The summed E-state index contributed by atoms with van der Waals surface area (Å²) >= 11 is 0. The van der Waals surface area contributed by atoms with E-state index in [1.807, 2.05) is 6.07 Å². The molecule has 1 atom stereocenters. The number of aromatic nitrogens is 1. The first-order chi connectivity index (χ1) is 8.20. The van der Waals surface area contributed by atoms with Crippen LogP contribution in [0.1, 0.15) is 17.7 Å². The van der Waals surface area contributed by atoms with Gasteiger partial charge in [-0.2, -0.15) is 0 Å². The third-order valence-corrected chi connectivity index (χ3v) is 3.86. The summed E-state index contributed by atoms with van der Waals surface area (Å²) in [5.41, 5.74) is 10.2. The molecule has 0 saturated heterocycles. The Morgan fingerprint density at radius 3 is 3.00 bits per heavy atom. The van der Waals surface area contributed by atoms with Crippen molar-refractivity contribution in [2.45, 2.75) is 25.3 Å². The molecule has 0 fully saturated rings. The molecule has 0 saturated carbocycles. The van der Waals surface area contributed by atoms with E-state index in [-0.39, 0.29) is 0 Å². The summed E-state index contributed by atoms with van der Waals surface area (Å²) < 4.78 is 7.61. The minimum absolute atomic E-state index is 0.305. The predicted molar refractivity (Wildman–Crippen MR) is 69.5 cm³/mol. The van der Waals surface area contributed by atoms with Crippen molar-refractivity contribution in [1.82, 2.24) is 4.57 Å². The van der Waals surface area contributed by atoms with Crippen molar-refractivity contribution in [3.8, 4) is 5.75 Å². The van der Waals surface area contributed by atoms with Crippen LogP contribution < -0.4 is 10.5 Å². The SMILES string of the molecule is COc1ccc2c(c1)c1c(n2C)CCC(N)C1. The fourth-order valence-electron chi connectivity index (χ4n) is 2.91. The number of hydrogen-bond acceptors (Lipinski definition) is 2. The normalized spacial score (nSPS) is 19.4. The van der Waals surface area contributed by atoms with E-state index in [1.165, 1.54) is 22.2 Å². The monoisotopic (exact) mass is 230 g/mol. The third kappa shape index (κ3) is 1.53. The van der Waals surface area contributed by atoms with Crippen LogP contribution in [0.15, 0.2) is 18.2 Å². The highest BCUT2D eigenvalue weighted by molar-refractivity contribution is 5.87. The maximum atomic E-state index is 6.08. The van der Waals surface area contributed by atoms with Crippen molar-refractivity contribution in [2.24, 2.45) is 12.8 Å². The zero-order chi connectivity index (χ0) is 12.0. The molecule has 0 aliphatic heterocycles. The first-order valence-electron chi connectivity index (χ1n) is 6.10. The van der Waals surface area contributed by atoms with Crippen molar-refractivity contribution in [1.29, 1.82) is 0 Å². The highest BCUT2D eigenvalue weighted by Gasteiger charge is 2.22. The van der Waals surface area contributed by atoms with Crippen LogP contribution in [-0.4, -0.2) is 17.7 Å². The van der Waals surface area contributed by atoms with Crippen LogP contribution in [0, 0.1) is 0 Å². The van der Waals surface area contributed by atoms with E-state index in [2.05, 4.69) is 23.7 Å². The number of benzene rings is 1. The number of nitrogens with two attached hydrogens (primary N) is 1. The van der Waals surface area contributed by atoms with E-state index in [9.17, 15) is 0 Å². The molecular weight excluding hydrogens is 212 g/mol. The summed E-state index contributed by atoms with van der Waals surface area (Å²) in [6, 6.07) is 6.59. The van der Waals surface area contributed by atoms with Gasteiger partial charge in [0, 0.05) is 29.7 Å². The highest BCUT2D eigenvalue weighted by Crippen LogP contribution is 2.33. The fourth-order valence-corrected chi connectivity index (χ4v) is 2.91.